The highest BCUT2D eigenvalue weighted by Crippen LogP contribution is 2.24. The van der Waals surface area contributed by atoms with Crippen LogP contribution in [0.5, 0.6) is 5.75 Å². The van der Waals surface area contributed by atoms with Crippen LogP contribution in [0.15, 0.2) is 24.3 Å². The van der Waals surface area contributed by atoms with E-state index in [0.717, 1.165) is 44.9 Å². The molecule has 1 atom stereocenters. The standard InChI is InChI=1S/C21H32N2O2/c1-5-6-11-22-12-14-23(15-13-22)16-19(24)17-25-20-9-7-18(8-10-20)21(2,3)4/h1,7-10,19,24H,6,11-17H2,2-4H3. The summed E-state index contributed by atoms with van der Waals surface area (Å²) in [6, 6.07) is 8.16. The molecule has 1 heterocycles. The predicted molar refractivity (Wildman–Crippen MR) is 103 cm³/mol. The number of benzene rings is 1. The molecule has 1 aliphatic heterocycles. The number of aliphatic hydroxyl groups is 1. The van der Waals surface area contributed by atoms with Crippen molar-refractivity contribution < 1.29 is 9.84 Å². The van der Waals surface area contributed by atoms with Crippen molar-refractivity contribution in [2.45, 2.75) is 38.7 Å². The van der Waals surface area contributed by atoms with E-state index in [1.54, 1.807) is 0 Å². The van der Waals surface area contributed by atoms with E-state index in [1.807, 2.05) is 12.1 Å². The van der Waals surface area contributed by atoms with Gasteiger partial charge < -0.3 is 9.84 Å². The first-order chi connectivity index (χ1) is 11.9. The molecule has 0 amide bonds. The zero-order valence-electron chi connectivity index (χ0n) is 15.9. The molecule has 1 N–H and O–H groups in total. The molecular weight excluding hydrogens is 312 g/mol. The van der Waals surface area contributed by atoms with E-state index in [9.17, 15) is 5.11 Å². The Bertz CT molecular complexity index is 549. The van der Waals surface area contributed by atoms with Gasteiger partial charge in [0.1, 0.15) is 18.5 Å². The number of hydrogen-bond donors (Lipinski definition) is 1. The molecule has 1 saturated heterocycles. The maximum absolute atomic E-state index is 10.2. The van der Waals surface area contributed by atoms with Gasteiger partial charge in [-0.15, -0.1) is 12.3 Å². The number of aliphatic hydroxyl groups excluding tert-OH is 1. The lowest BCUT2D eigenvalue weighted by molar-refractivity contribution is 0.0465. The molecule has 1 unspecified atom stereocenters. The highest BCUT2D eigenvalue weighted by atomic mass is 16.5. The molecule has 0 aliphatic carbocycles. The highest BCUT2D eigenvalue weighted by molar-refractivity contribution is 5.31. The first kappa shape index (κ1) is 19.8. The van der Waals surface area contributed by atoms with Crippen LogP contribution in [0, 0.1) is 12.3 Å². The second-order valence-electron chi connectivity index (χ2n) is 7.84. The van der Waals surface area contributed by atoms with Crippen LogP contribution in [-0.4, -0.2) is 66.9 Å². The van der Waals surface area contributed by atoms with Gasteiger partial charge in [0.15, 0.2) is 0 Å². The van der Waals surface area contributed by atoms with E-state index >= 15 is 0 Å². The first-order valence-electron chi connectivity index (χ1n) is 9.18. The van der Waals surface area contributed by atoms with Crippen molar-refractivity contribution >= 4 is 0 Å². The minimum atomic E-state index is -0.473. The van der Waals surface area contributed by atoms with E-state index in [-0.39, 0.29) is 5.41 Å². The summed E-state index contributed by atoms with van der Waals surface area (Å²) in [5.41, 5.74) is 1.42. The molecule has 1 fully saturated rings. The van der Waals surface area contributed by atoms with Gasteiger partial charge in [0, 0.05) is 45.7 Å². The van der Waals surface area contributed by atoms with Gasteiger partial charge >= 0.3 is 0 Å². The Morgan fingerprint density at radius 2 is 1.72 bits per heavy atom. The number of β-amino-alcohol motifs (C(OH)–C–C–N with tert-alkyl or cyclic N) is 1. The minimum absolute atomic E-state index is 0.139. The van der Waals surface area contributed by atoms with E-state index < -0.39 is 6.10 Å². The predicted octanol–water partition coefficient (Wildman–Crippen LogP) is 2.36. The molecule has 0 radical (unpaired) electrons. The van der Waals surface area contributed by atoms with Crippen molar-refractivity contribution in [3.05, 3.63) is 29.8 Å². The van der Waals surface area contributed by atoms with Crippen LogP contribution in [0.3, 0.4) is 0 Å². The second kappa shape index (κ2) is 9.24. The molecule has 4 heteroatoms. The van der Waals surface area contributed by atoms with Gasteiger partial charge in [-0.25, -0.2) is 0 Å². The first-order valence-corrected chi connectivity index (χ1v) is 9.18. The van der Waals surface area contributed by atoms with Gasteiger partial charge in [-0.1, -0.05) is 32.9 Å². The summed E-state index contributed by atoms with van der Waals surface area (Å²) in [5, 5.41) is 10.2. The maximum atomic E-state index is 10.2. The van der Waals surface area contributed by atoms with E-state index in [4.69, 9.17) is 11.2 Å². The summed E-state index contributed by atoms with van der Waals surface area (Å²) in [5.74, 6) is 3.50. The van der Waals surface area contributed by atoms with Crippen LogP contribution in [0.2, 0.25) is 0 Å². The number of terminal acetylenes is 1. The monoisotopic (exact) mass is 344 g/mol. The molecule has 0 aromatic heterocycles. The number of piperazine rings is 1. The van der Waals surface area contributed by atoms with E-state index in [0.29, 0.717) is 13.2 Å². The fourth-order valence-electron chi connectivity index (χ4n) is 3.01. The van der Waals surface area contributed by atoms with Gasteiger partial charge in [-0.2, -0.15) is 0 Å². The van der Waals surface area contributed by atoms with Crippen LogP contribution < -0.4 is 4.74 Å². The third-order valence-electron chi connectivity index (χ3n) is 4.67. The fraction of sp³-hybridized carbons (Fsp3) is 0.619. The van der Waals surface area contributed by atoms with Crippen molar-refractivity contribution in [1.82, 2.24) is 9.80 Å². The van der Waals surface area contributed by atoms with Crippen molar-refractivity contribution in [3.8, 4) is 18.1 Å². The summed E-state index contributed by atoms with van der Waals surface area (Å²) < 4.78 is 5.74. The van der Waals surface area contributed by atoms with Gasteiger partial charge in [0.05, 0.1) is 0 Å². The average molecular weight is 344 g/mol. The molecule has 0 bridgehead atoms. The third-order valence-corrected chi connectivity index (χ3v) is 4.67. The topological polar surface area (TPSA) is 35.9 Å². The highest BCUT2D eigenvalue weighted by Gasteiger charge is 2.19. The maximum Gasteiger partial charge on any atom is 0.119 e. The average Bonchev–Trinajstić information content (AvgIpc) is 2.59. The Morgan fingerprint density at radius 3 is 2.28 bits per heavy atom. The summed E-state index contributed by atoms with van der Waals surface area (Å²) >= 11 is 0. The van der Waals surface area contributed by atoms with Crippen LogP contribution in [0.25, 0.3) is 0 Å². The number of ether oxygens (including phenoxy) is 1. The SMILES string of the molecule is C#CCCN1CCN(CC(O)COc2ccc(C(C)(C)C)cc2)CC1. The van der Waals surface area contributed by atoms with Crippen molar-refractivity contribution in [2.75, 3.05) is 45.9 Å². The lowest BCUT2D eigenvalue weighted by Gasteiger charge is -2.35. The molecule has 2 rings (SSSR count). The second-order valence-corrected chi connectivity index (χ2v) is 7.84. The summed E-state index contributed by atoms with van der Waals surface area (Å²) in [6.45, 7) is 12.5. The fourth-order valence-corrected chi connectivity index (χ4v) is 3.01. The molecule has 4 nitrogen and oxygen atoms in total. The van der Waals surface area contributed by atoms with Crippen molar-refractivity contribution in [3.63, 3.8) is 0 Å². The number of hydrogen-bond acceptors (Lipinski definition) is 4. The summed E-state index contributed by atoms with van der Waals surface area (Å²) in [7, 11) is 0. The van der Waals surface area contributed by atoms with Gasteiger partial charge in [-0.3, -0.25) is 9.80 Å². The zero-order valence-corrected chi connectivity index (χ0v) is 15.9. The van der Waals surface area contributed by atoms with Gasteiger partial charge in [0.2, 0.25) is 0 Å². The molecule has 0 spiro atoms. The Labute approximate surface area is 152 Å². The zero-order chi connectivity index (χ0) is 18.3. The summed E-state index contributed by atoms with van der Waals surface area (Å²) in [6.07, 6.45) is 5.65. The Morgan fingerprint density at radius 1 is 1.12 bits per heavy atom. The Kier molecular flexibility index (Phi) is 7.31. The third kappa shape index (κ3) is 6.70. The van der Waals surface area contributed by atoms with Crippen LogP contribution in [0.1, 0.15) is 32.8 Å². The smallest absolute Gasteiger partial charge is 0.119 e. The van der Waals surface area contributed by atoms with Gasteiger partial charge in [0.25, 0.3) is 0 Å². The normalized spacial score (nSPS) is 17.9. The Balaban J connectivity index is 1.69. The quantitative estimate of drug-likeness (QED) is 0.771. The number of nitrogens with zero attached hydrogens (tertiary/aromatic N) is 2. The largest absolute Gasteiger partial charge is 0.491 e. The molecule has 25 heavy (non-hydrogen) atoms. The minimum Gasteiger partial charge on any atom is -0.491 e. The van der Waals surface area contributed by atoms with Crippen LogP contribution >= 0.6 is 0 Å². The molecule has 138 valence electrons. The van der Waals surface area contributed by atoms with Crippen LogP contribution in [0.4, 0.5) is 0 Å². The van der Waals surface area contributed by atoms with Crippen molar-refractivity contribution in [2.24, 2.45) is 0 Å². The molecular formula is C21H32N2O2. The molecule has 1 aromatic carbocycles. The van der Waals surface area contributed by atoms with Crippen LogP contribution in [-0.2, 0) is 5.41 Å². The molecule has 1 aromatic rings. The lowest BCUT2D eigenvalue weighted by atomic mass is 9.87. The van der Waals surface area contributed by atoms with Gasteiger partial charge in [-0.05, 0) is 23.1 Å². The lowest BCUT2D eigenvalue weighted by Crippen LogP contribution is -2.49. The molecule has 0 saturated carbocycles. The van der Waals surface area contributed by atoms with E-state index in [2.05, 4.69) is 48.6 Å². The Hall–Kier alpha value is -1.54. The number of rotatable bonds is 7. The van der Waals surface area contributed by atoms with Crippen molar-refractivity contribution in [1.29, 1.82) is 0 Å². The van der Waals surface area contributed by atoms with E-state index in [1.165, 1.54) is 5.56 Å². The summed E-state index contributed by atoms with van der Waals surface area (Å²) in [4.78, 5) is 4.68. The molecule has 1 aliphatic rings.